The molecule has 0 atom stereocenters. The highest BCUT2D eigenvalue weighted by atomic mass is 32.2. The lowest BCUT2D eigenvalue weighted by Crippen LogP contribution is -2.12. The van der Waals surface area contributed by atoms with Crippen LogP contribution in [0.3, 0.4) is 0 Å². The number of hydrogen-bond acceptors (Lipinski definition) is 7. The molecule has 30 heavy (non-hydrogen) atoms. The van der Waals surface area contributed by atoms with Crippen LogP contribution < -0.4 is 4.90 Å². The molecule has 0 bridgehead atoms. The number of aryl methyl sites for hydroxylation is 1. The first-order chi connectivity index (χ1) is 14.4. The molecule has 1 aromatic carbocycles. The topological polar surface area (TPSA) is 106 Å². The maximum Gasteiger partial charge on any atom is 0.218 e. The standard InChI is InChI=1S/C20H22N6O3S/c1-30(28,29)10-4-7-25-15-6-3-2-5-14(15)23-17(25)12-26-16-11-21-13-22-18(16)19(20(26)27)24-8-9-24/h2-3,5-6,11,13,27H,4,7-10,12H2,1H3. The summed E-state index contributed by atoms with van der Waals surface area (Å²) < 4.78 is 27.0. The Kier molecular flexibility index (Phi) is 4.39. The highest BCUT2D eigenvalue weighted by molar-refractivity contribution is 7.90. The molecule has 4 aromatic rings. The summed E-state index contributed by atoms with van der Waals surface area (Å²) in [4.78, 5) is 15.3. The lowest BCUT2D eigenvalue weighted by molar-refractivity contribution is 0.426. The van der Waals surface area contributed by atoms with Gasteiger partial charge in [0.15, 0.2) is 0 Å². The number of anilines is 1. The van der Waals surface area contributed by atoms with Crippen molar-refractivity contribution in [2.75, 3.05) is 30.0 Å². The van der Waals surface area contributed by atoms with E-state index in [1.54, 1.807) is 10.8 Å². The van der Waals surface area contributed by atoms with Crippen LogP contribution in [0.2, 0.25) is 0 Å². The van der Waals surface area contributed by atoms with E-state index in [-0.39, 0.29) is 11.6 Å². The van der Waals surface area contributed by atoms with Crippen LogP contribution in [0.4, 0.5) is 5.69 Å². The van der Waals surface area contributed by atoms with Gasteiger partial charge in [0.1, 0.15) is 33.2 Å². The largest absolute Gasteiger partial charge is 0.493 e. The summed E-state index contributed by atoms with van der Waals surface area (Å²) in [6, 6.07) is 7.78. The van der Waals surface area contributed by atoms with Crippen LogP contribution in [0.1, 0.15) is 12.2 Å². The molecule has 156 valence electrons. The quantitative estimate of drug-likeness (QED) is 0.449. The zero-order valence-corrected chi connectivity index (χ0v) is 17.4. The number of benzene rings is 1. The van der Waals surface area contributed by atoms with Crippen LogP contribution in [0.5, 0.6) is 5.88 Å². The van der Waals surface area contributed by atoms with Crippen LogP contribution in [-0.4, -0.2) is 62.7 Å². The van der Waals surface area contributed by atoms with Gasteiger partial charge in [-0.2, -0.15) is 0 Å². The zero-order valence-electron chi connectivity index (χ0n) is 16.6. The van der Waals surface area contributed by atoms with Crippen molar-refractivity contribution >= 4 is 37.6 Å². The second-order valence-corrected chi connectivity index (χ2v) is 9.91. The van der Waals surface area contributed by atoms with Crippen molar-refractivity contribution in [1.29, 1.82) is 0 Å². The summed E-state index contributed by atoms with van der Waals surface area (Å²) in [6.45, 7) is 2.64. The number of aromatic hydroxyl groups is 1. The Morgan fingerprint density at radius 1 is 1.13 bits per heavy atom. The molecule has 5 rings (SSSR count). The molecular weight excluding hydrogens is 404 g/mol. The molecule has 3 aromatic heterocycles. The van der Waals surface area contributed by atoms with Gasteiger partial charge in [0.05, 0.1) is 35.0 Å². The first-order valence-electron chi connectivity index (χ1n) is 9.80. The number of nitrogens with zero attached hydrogens (tertiary/aromatic N) is 6. The highest BCUT2D eigenvalue weighted by Gasteiger charge is 2.29. The van der Waals surface area contributed by atoms with Gasteiger partial charge in [-0.1, -0.05) is 12.1 Å². The molecule has 1 N–H and O–H groups in total. The number of rotatable bonds is 7. The number of aromatic nitrogens is 5. The van der Waals surface area contributed by atoms with E-state index in [1.165, 1.54) is 12.6 Å². The Bertz CT molecular complexity index is 1350. The number of para-hydroxylation sites is 2. The minimum absolute atomic E-state index is 0.115. The van der Waals surface area contributed by atoms with Crippen LogP contribution in [0, 0.1) is 0 Å². The van der Waals surface area contributed by atoms with Crippen LogP contribution >= 0.6 is 0 Å². The lowest BCUT2D eigenvalue weighted by Gasteiger charge is -2.11. The van der Waals surface area contributed by atoms with Crippen molar-refractivity contribution in [2.24, 2.45) is 0 Å². The summed E-state index contributed by atoms with van der Waals surface area (Å²) in [7, 11) is -3.04. The predicted molar refractivity (Wildman–Crippen MR) is 115 cm³/mol. The van der Waals surface area contributed by atoms with E-state index in [9.17, 15) is 13.5 Å². The fourth-order valence-electron chi connectivity index (χ4n) is 3.90. The second-order valence-electron chi connectivity index (χ2n) is 7.65. The molecular formula is C20H22N6O3S. The van der Waals surface area contributed by atoms with Gasteiger partial charge in [-0.25, -0.2) is 23.4 Å². The van der Waals surface area contributed by atoms with E-state index in [2.05, 4.69) is 14.9 Å². The van der Waals surface area contributed by atoms with Gasteiger partial charge in [-0.3, -0.25) is 4.57 Å². The van der Waals surface area contributed by atoms with Gasteiger partial charge in [-0.05, 0) is 18.6 Å². The Morgan fingerprint density at radius 3 is 2.70 bits per heavy atom. The Hall–Kier alpha value is -3.14. The number of fused-ring (bicyclic) bond motifs is 2. The van der Waals surface area contributed by atoms with Crippen molar-refractivity contribution in [3.63, 3.8) is 0 Å². The third-order valence-corrected chi connectivity index (χ3v) is 6.40. The van der Waals surface area contributed by atoms with E-state index in [1.807, 2.05) is 28.8 Å². The Morgan fingerprint density at radius 2 is 1.93 bits per heavy atom. The summed E-state index contributed by atoms with van der Waals surface area (Å²) in [5.74, 6) is 1.01. The molecule has 1 fully saturated rings. The average Bonchev–Trinajstić information content (AvgIpc) is 3.42. The summed E-state index contributed by atoms with van der Waals surface area (Å²) in [5.41, 5.74) is 3.98. The molecule has 0 saturated carbocycles. The van der Waals surface area contributed by atoms with Crippen molar-refractivity contribution in [3.05, 3.63) is 42.6 Å². The third-order valence-electron chi connectivity index (χ3n) is 5.37. The van der Waals surface area contributed by atoms with Crippen molar-refractivity contribution in [2.45, 2.75) is 19.5 Å². The lowest BCUT2D eigenvalue weighted by atomic mass is 10.3. The van der Waals surface area contributed by atoms with Crippen LogP contribution in [0.15, 0.2) is 36.8 Å². The molecule has 9 nitrogen and oxygen atoms in total. The van der Waals surface area contributed by atoms with Gasteiger partial charge in [0, 0.05) is 25.9 Å². The van der Waals surface area contributed by atoms with E-state index in [0.29, 0.717) is 19.5 Å². The molecule has 1 saturated heterocycles. The molecule has 4 heterocycles. The van der Waals surface area contributed by atoms with E-state index in [4.69, 9.17) is 4.98 Å². The average molecular weight is 427 g/mol. The second kappa shape index (κ2) is 6.98. The molecule has 0 amide bonds. The van der Waals surface area contributed by atoms with Crippen LogP contribution in [0.25, 0.3) is 22.1 Å². The fraction of sp³-hybridized carbons (Fsp3) is 0.350. The monoisotopic (exact) mass is 426 g/mol. The van der Waals surface area contributed by atoms with Gasteiger partial charge >= 0.3 is 0 Å². The van der Waals surface area contributed by atoms with Gasteiger partial charge in [-0.15, -0.1) is 0 Å². The predicted octanol–water partition coefficient (Wildman–Crippen LogP) is 1.79. The fourth-order valence-corrected chi connectivity index (χ4v) is 4.55. The normalized spacial score (nSPS) is 14.1. The van der Waals surface area contributed by atoms with Gasteiger partial charge < -0.3 is 14.6 Å². The molecule has 1 aliphatic heterocycles. The number of hydrogen-bond donors (Lipinski definition) is 1. The van der Waals surface area contributed by atoms with Crippen molar-refractivity contribution in [1.82, 2.24) is 24.1 Å². The van der Waals surface area contributed by atoms with E-state index >= 15 is 0 Å². The summed E-state index contributed by atoms with van der Waals surface area (Å²) >= 11 is 0. The molecule has 1 aliphatic rings. The summed E-state index contributed by atoms with van der Waals surface area (Å²) in [6.07, 6.45) is 4.93. The third kappa shape index (κ3) is 3.36. The van der Waals surface area contributed by atoms with E-state index in [0.717, 1.165) is 46.7 Å². The van der Waals surface area contributed by atoms with Gasteiger partial charge in [0.2, 0.25) is 5.88 Å². The first kappa shape index (κ1) is 18.9. The maximum atomic E-state index is 11.6. The number of imidazole rings is 1. The van der Waals surface area contributed by atoms with Gasteiger partial charge in [0.25, 0.3) is 0 Å². The Balaban J connectivity index is 1.58. The Labute approximate surface area is 173 Å². The maximum absolute atomic E-state index is 11.6. The molecule has 0 radical (unpaired) electrons. The number of sulfone groups is 1. The molecule has 0 aliphatic carbocycles. The van der Waals surface area contributed by atoms with E-state index < -0.39 is 9.84 Å². The minimum atomic E-state index is -3.04. The minimum Gasteiger partial charge on any atom is -0.493 e. The highest BCUT2D eigenvalue weighted by Crippen LogP contribution is 2.40. The zero-order chi connectivity index (χ0) is 20.9. The van der Waals surface area contributed by atoms with Crippen molar-refractivity contribution < 1.29 is 13.5 Å². The first-order valence-corrected chi connectivity index (χ1v) is 11.9. The summed E-state index contributed by atoms with van der Waals surface area (Å²) in [5, 5.41) is 11.0. The smallest absolute Gasteiger partial charge is 0.218 e. The van der Waals surface area contributed by atoms with Crippen molar-refractivity contribution in [3.8, 4) is 5.88 Å². The molecule has 0 spiro atoms. The molecule has 10 heteroatoms. The SMILES string of the molecule is CS(=O)(=O)CCCn1c(Cn2c(O)c(N3CC3)c3ncncc32)nc2ccccc21. The van der Waals surface area contributed by atoms with Crippen LogP contribution in [-0.2, 0) is 22.9 Å². The molecule has 0 unspecified atom stereocenters.